The first-order chi connectivity index (χ1) is 8.08. The van der Waals surface area contributed by atoms with Crippen molar-refractivity contribution in [3.63, 3.8) is 0 Å². The van der Waals surface area contributed by atoms with Gasteiger partial charge in [-0.3, -0.25) is 0 Å². The SMILES string of the molecule is Cc1cccc(Oc2ccc(N)cc2Br)c1C. The molecule has 17 heavy (non-hydrogen) atoms. The van der Waals surface area contributed by atoms with Crippen molar-refractivity contribution in [2.24, 2.45) is 0 Å². The molecule has 0 aliphatic carbocycles. The molecule has 0 spiro atoms. The highest BCUT2D eigenvalue weighted by Crippen LogP contribution is 2.33. The second-order valence-electron chi connectivity index (χ2n) is 3.99. The topological polar surface area (TPSA) is 35.2 Å². The molecule has 3 heteroatoms. The fraction of sp³-hybridized carbons (Fsp3) is 0.143. The number of rotatable bonds is 2. The fourth-order valence-corrected chi connectivity index (χ4v) is 2.03. The van der Waals surface area contributed by atoms with Crippen molar-refractivity contribution in [2.45, 2.75) is 13.8 Å². The van der Waals surface area contributed by atoms with E-state index >= 15 is 0 Å². The van der Waals surface area contributed by atoms with Gasteiger partial charge in [-0.1, -0.05) is 12.1 Å². The summed E-state index contributed by atoms with van der Waals surface area (Å²) < 4.78 is 6.73. The Bertz CT molecular complexity index is 552. The van der Waals surface area contributed by atoms with E-state index in [0.717, 1.165) is 21.5 Å². The molecule has 0 aromatic heterocycles. The molecule has 0 aliphatic rings. The summed E-state index contributed by atoms with van der Waals surface area (Å²) >= 11 is 3.44. The van der Waals surface area contributed by atoms with Gasteiger partial charge in [-0.25, -0.2) is 0 Å². The lowest BCUT2D eigenvalue weighted by Gasteiger charge is -2.12. The smallest absolute Gasteiger partial charge is 0.141 e. The summed E-state index contributed by atoms with van der Waals surface area (Å²) in [4.78, 5) is 0. The van der Waals surface area contributed by atoms with Gasteiger partial charge in [-0.2, -0.15) is 0 Å². The van der Waals surface area contributed by atoms with Crippen LogP contribution in [0.5, 0.6) is 11.5 Å². The Hall–Kier alpha value is -1.48. The van der Waals surface area contributed by atoms with Crippen LogP contribution in [0.25, 0.3) is 0 Å². The van der Waals surface area contributed by atoms with Crippen LogP contribution in [0.1, 0.15) is 11.1 Å². The molecule has 0 saturated carbocycles. The van der Waals surface area contributed by atoms with Gasteiger partial charge in [0.2, 0.25) is 0 Å². The maximum atomic E-state index is 5.87. The second-order valence-corrected chi connectivity index (χ2v) is 4.84. The number of benzene rings is 2. The van der Waals surface area contributed by atoms with Gasteiger partial charge < -0.3 is 10.5 Å². The van der Waals surface area contributed by atoms with Crippen LogP contribution in [0.15, 0.2) is 40.9 Å². The van der Waals surface area contributed by atoms with Crippen molar-refractivity contribution in [2.75, 3.05) is 5.73 Å². The van der Waals surface area contributed by atoms with E-state index < -0.39 is 0 Å². The Morgan fingerprint density at radius 3 is 2.53 bits per heavy atom. The molecule has 88 valence electrons. The minimum absolute atomic E-state index is 0.713. The van der Waals surface area contributed by atoms with Crippen LogP contribution in [-0.2, 0) is 0 Å². The highest BCUT2D eigenvalue weighted by Gasteiger charge is 2.06. The molecule has 2 aromatic rings. The van der Waals surface area contributed by atoms with Gasteiger partial charge in [-0.15, -0.1) is 0 Å². The van der Waals surface area contributed by atoms with Crippen molar-refractivity contribution >= 4 is 21.6 Å². The van der Waals surface area contributed by atoms with Crippen LogP contribution in [0.4, 0.5) is 5.69 Å². The lowest BCUT2D eigenvalue weighted by atomic mass is 10.1. The number of hydrogen-bond acceptors (Lipinski definition) is 2. The summed E-state index contributed by atoms with van der Waals surface area (Å²) in [5, 5.41) is 0. The highest BCUT2D eigenvalue weighted by molar-refractivity contribution is 9.10. The van der Waals surface area contributed by atoms with Crippen molar-refractivity contribution in [1.82, 2.24) is 0 Å². The third kappa shape index (κ3) is 2.61. The van der Waals surface area contributed by atoms with E-state index in [1.807, 2.05) is 30.3 Å². The Morgan fingerprint density at radius 2 is 1.82 bits per heavy atom. The van der Waals surface area contributed by atoms with Gasteiger partial charge in [0.05, 0.1) is 4.47 Å². The largest absolute Gasteiger partial charge is 0.456 e. The molecule has 0 radical (unpaired) electrons. The summed E-state index contributed by atoms with van der Waals surface area (Å²) in [6, 6.07) is 11.5. The summed E-state index contributed by atoms with van der Waals surface area (Å²) in [6.07, 6.45) is 0. The van der Waals surface area contributed by atoms with Crippen molar-refractivity contribution in [3.05, 3.63) is 52.0 Å². The van der Waals surface area contributed by atoms with Gasteiger partial charge in [0.25, 0.3) is 0 Å². The predicted octanol–water partition coefficient (Wildman–Crippen LogP) is 4.44. The van der Waals surface area contributed by atoms with Crippen molar-refractivity contribution in [3.8, 4) is 11.5 Å². The minimum Gasteiger partial charge on any atom is -0.456 e. The molecule has 0 heterocycles. The molecular formula is C14H14BrNO. The molecule has 0 saturated heterocycles. The van der Waals surface area contributed by atoms with Gasteiger partial charge in [-0.05, 0) is 65.2 Å². The van der Waals surface area contributed by atoms with Crippen molar-refractivity contribution in [1.29, 1.82) is 0 Å². The van der Waals surface area contributed by atoms with Crippen molar-refractivity contribution < 1.29 is 4.74 Å². The Morgan fingerprint density at radius 1 is 1.06 bits per heavy atom. The van der Waals surface area contributed by atoms with E-state index in [9.17, 15) is 0 Å². The van der Waals surface area contributed by atoms with E-state index in [1.165, 1.54) is 5.56 Å². The zero-order chi connectivity index (χ0) is 12.4. The van der Waals surface area contributed by atoms with E-state index in [4.69, 9.17) is 10.5 Å². The van der Waals surface area contributed by atoms with Gasteiger partial charge in [0, 0.05) is 5.69 Å². The number of hydrogen-bond donors (Lipinski definition) is 1. The monoisotopic (exact) mass is 291 g/mol. The molecule has 0 atom stereocenters. The molecule has 2 rings (SSSR count). The predicted molar refractivity (Wildman–Crippen MR) is 74.5 cm³/mol. The van der Waals surface area contributed by atoms with Gasteiger partial charge in [0.15, 0.2) is 0 Å². The number of aryl methyl sites for hydroxylation is 1. The molecule has 2 nitrogen and oxygen atoms in total. The molecule has 2 aromatic carbocycles. The quantitative estimate of drug-likeness (QED) is 0.830. The van der Waals surface area contributed by atoms with Crippen LogP contribution >= 0.6 is 15.9 Å². The maximum absolute atomic E-state index is 5.87. The standard InChI is InChI=1S/C14H14BrNO/c1-9-4-3-5-13(10(9)2)17-14-7-6-11(16)8-12(14)15/h3-8H,16H2,1-2H3. The molecule has 0 bridgehead atoms. The Labute approximate surface area is 110 Å². The van der Waals surface area contributed by atoms with Crippen LogP contribution in [0, 0.1) is 13.8 Å². The molecule has 0 fully saturated rings. The molecule has 0 amide bonds. The van der Waals surface area contributed by atoms with Gasteiger partial charge in [0.1, 0.15) is 11.5 Å². The fourth-order valence-electron chi connectivity index (χ4n) is 1.55. The summed E-state index contributed by atoms with van der Waals surface area (Å²) in [6.45, 7) is 4.12. The van der Waals surface area contributed by atoms with E-state index in [-0.39, 0.29) is 0 Å². The number of halogens is 1. The molecule has 0 aliphatic heterocycles. The Kier molecular flexibility index (Phi) is 3.38. The molecule has 0 unspecified atom stereocenters. The lowest BCUT2D eigenvalue weighted by Crippen LogP contribution is -1.92. The summed E-state index contributed by atoms with van der Waals surface area (Å²) in [7, 11) is 0. The highest BCUT2D eigenvalue weighted by atomic mass is 79.9. The van der Waals surface area contributed by atoms with E-state index in [2.05, 4.69) is 35.8 Å². The maximum Gasteiger partial charge on any atom is 0.141 e. The van der Waals surface area contributed by atoms with Crippen LogP contribution < -0.4 is 10.5 Å². The second kappa shape index (κ2) is 4.80. The number of ether oxygens (including phenoxy) is 1. The zero-order valence-corrected chi connectivity index (χ0v) is 11.4. The van der Waals surface area contributed by atoms with Crippen LogP contribution in [0.2, 0.25) is 0 Å². The number of nitrogen functional groups attached to an aromatic ring is 1. The first kappa shape index (κ1) is 12.0. The van der Waals surface area contributed by atoms with Crippen LogP contribution in [0.3, 0.4) is 0 Å². The molecular weight excluding hydrogens is 278 g/mol. The zero-order valence-electron chi connectivity index (χ0n) is 9.83. The average Bonchev–Trinajstić information content (AvgIpc) is 2.28. The number of nitrogens with two attached hydrogens (primary N) is 1. The summed E-state index contributed by atoms with van der Waals surface area (Å²) in [5.41, 5.74) is 8.77. The van der Waals surface area contributed by atoms with E-state index in [1.54, 1.807) is 0 Å². The Balaban J connectivity index is 2.35. The summed E-state index contributed by atoms with van der Waals surface area (Å²) in [5.74, 6) is 1.64. The lowest BCUT2D eigenvalue weighted by molar-refractivity contribution is 0.475. The third-order valence-electron chi connectivity index (χ3n) is 2.73. The number of anilines is 1. The first-order valence-electron chi connectivity index (χ1n) is 5.37. The van der Waals surface area contributed by atoms with E-state index in [0.29, 0.717) is 5.69 Å². The molecule has 2 N–H and O–H groups in total. The third-order valence-corrected chi connectivity index (χ3v) is 3.35. The van der Waals surface area contributed by atoms with Gasteiger partial charge >= 0.3 is 0 Å². The normalized spacial score (nSPS) is 10.3. The van der Waals surface area contributed by atoms with Crippen LogP contribution in [-0.4, -0.2) is 0 Å². The minimum atomic E-state index is 0.713. The average molecular weight is 292 g/mol. The first-order valence-corrected chi connectivity index (χ1v) is 6.16.